The highest BCUT2D eigenvalue weighted by atomic mass is 32.1. The lowest BCUT2D eigenvalue weighted by Gasteiger charge is -2.39. The van der Waals surface area contributed by atoms with Gasteiger partial charge in [-0.3, -0.25) is 9.69 Å². The van der Waals surface area contributed by atoms with Crippen molar-refractivity contribution in [1.82, 2.24) is 4.90 Å². The molecule has 108 valence electrons. The van der Waals surface area contributed by atoms with Crippen molar-refractivity contribution in [3.63, 3.8) is 0 Å². The number of nitrogens with zero attached hydrogens (tertiary/aromatic N) is 1. The largest absolute Gasteiger partial charge is 0.481 e. The van der Waals surface area contributed by atoms with E-state index < -0.39 is 5.97 Å². The van der Waals surface area contributed by atoms with Gasteiger partial charge in [-0.2, -0.15) is 0 Å². The lowest BCUT2D eigenvalue weighted by atomic mass is 10.0. The van der Waals surface area contributed by atoms with Crippen LogP contribution < -0.4 is 0 Å². The Morgan fingerprint density at radius 3 is 2.47 bits per heavy atom. The highest BCUT2D eigenvalue weighted by Gasteiger charge is 2.28. The van der Waals surface area contributed by atoms with Crippen LogP contribution in [0.2, 0.25) is 0 Å². The molecule has 1 atom stereocenters. The zero-order valence-electron chi connectivity index (χ0n) is 12.6. The van der Waals surface area contributed by atoms with Crippen LogP contribution in [0, 0.1) is 0 Å². The molecule has 1 unspecified atom stereocenters. The standard InChI is InChI=1S/C15H25NO2S/c1-6-12-7-8-13(19-12)11(2)16(15(3,4)5)10-9-14(17)18/h7-8,11H,6,9-10H2,1-5H3,(H,17,18). The molecule has 0 fully saturated rings. The first-order valence-electron chi connectivity index (χ1n) is 6.82. The van der Waals surface area contributed by atoms with Gasteiger partial charge >= 0.3 is 5.97 Å². The van der Waals surface area contributed by atoms with Crippen LogP contribution in [0.1, 0.15) is 56.8 Å². The molecule has 0 aliphatic heterocycles. The SMILES string of the molecule is CCc1ccc(C(C)N(CCC(=O)O)C(C)(C)C)s1. The molecule has 1 aromatic heterocycles. The number of thiophene rings is 1. The molecule has 0 aliphatic carbocycles. The number of aryl methyl sites for hydroxylation is 1. The first-order chi connectivity index (χ1) is 8.75. The van der Waals surface area contributed by atoms with Gasteiger partial charge < -0.3 is 5.11 Å². The fraction of sp³-hybridized carbons (Fsp3) is 0.667. The molecule has 1 rings (SSSR count). The number of rotatable bonds is 6. The molecular weight excluding hydrogens is 258 g/mol. The van der Waals surface area contributed by atoms with Gasteiger partial charge in [0.1, 0.15) is 0 Å². The zero-order valence-corrected chi connectivity index (χ0v) is 13.4. The highest BCUT2D eigenvalue weighted by molar-refractivity contribution is 7.12. The van der Waals surface area contributed by atoms with Crippen LogP contribution in [-0.2, 0) is 11.2 Å². The van der Waals surface area contributed by atoms with E-state index in [0.29, 0.717) is 6.54 Å². The third-order valence-corrected chi connectivity index (χ3v) is 4.74. The lowest BCUT2D eigenvalue weighted by Crippen LogP contribution is -2.43. The van der Waals surface area contributed by atoms with Crippen LogP contribution >= 0.6 is 11.3 Å². The number of hydrogen-bond acceptors (Lipinski definition) is 3. The smallest absolute Gasteiger partial charge is 0.304 e. The van der Waals surface area contributed by atoms with Crippen molar-refractivity contribution >= 4 is 17.3 Å². The second-order valence-electron chi connectivity index (χ2n) is 5.84. The maximum atomic E-state index is 10.8. The van der Waals surface area contributed by atoms with Crippen LogP contribution in [0.3, 0.4) is 0 Å². The summed E-state index contributed by atoms with van der Waals surface area (Å²) in [5.41, 5.74) is -0.0365. The average molecular weight is 283 g/mol. The molecule has 4 heteroatoms. The summed E-state index contributed by atoms with van der Waals surface area (Å²) in [6.07, 6.45) is 1.25. The predicted molar refractivity (Wildman–Crippen MR) is 80.8 cm³/mol. The number of carbonyl (C=O) groups is 1. The molecule has 3 nitrogen and oxygen atoms in total. The van der Waals surface area contributed by atoms with Crippen molar-refractivity contribution in [3.05, 3.63) is 21.9 Å². The molecule has 0 saturated heterocycles. The van der Waals surface area contributed by atoms with Crippen LogP contribution in [0.4, 0.5) is 0 Å². The van der Waals surface area contributed by atoms with Gasteiger partial charge in [0.25, 0.3) is 0 Å². The number of aliphatic carboxylic acids is 1. The van der Waals surface area contributed by atoms with Crippen LogP contribution in [0.15, 0.2) is 12.1 Å². The second kappa shape index (κ2) is 6.53. The summed E-state index contributed by atoms with van der Waals surface area (Å²) in [7, 11) is 0. The fourth-order valence-corrected chi connectivity index (χ4v) is 3.31. The van der Waals surface area contributed by atoms with Crippen molar-refractivity contribution in [3.8, 4) is 0 Å². The maximum Gasteiger partial charge on any atom is 0.304 e. The van der Waals surface area contributed by atoms with Crippen LogP contribution in [-0.4, -0.2) is 28.1 Å². The summed E-state index contributed by atoms with van der Waals surface area (Å²) in [6, 6.07) is 4.60. The van der Waals surface area contributed by atoms with Gasteiger partial charge in [-0.15, -0.1) is 11.3 Å². The molecule has 0 amide bonds. The highest BCUT2D eigenvalue weighted by Crippen LogP contribution is 2.32. The first-order valence-corrected chi connectivity index (χ1v) is 7.64. The van der Waals surface area contributed by atoms with Crippen molar-refractivity contribution in [2.24, 2.45) is 0 Å². The summed E-state index contributed by atoms with van der Waals surface area (Å²) in [5, 5.41) is 8.90. The van der Waals surface area contributed by atoms with E-state index in [2.05, 4.69) is 51.7 Å². The molecular formula is C15H25NO2S. The van der Waals surface area contributed by atoms with E-state index in [0.717, 1.165) is 6.42 Å². The fourth-order valence-electron chi connectivity index (χ4n) is 2.29. The van der Waals surface area contributed by atoms with Crippen molar-refractivity contribution in [1.29, 1.82) is 0 Å². The minimum absolute atomic E-state index is 0.0365. The van der Waals surface area contributed by atoms with Crippen molar-refractivity contribution in [2.45, 2.75) is 59.0 Å². The Morgan fingerprint density at radius 2 is 2.05 bits per heavy atom. The van der Waals surface area contributed by atoms with E-state index in [1.165, 1.54) is 9.75 Å². The molecule has 1 N–H and O–H groups in total. The Labute approximate surface area is 120 Å². The molecule has 0 radical (unpaired) electrons. The number of carboxylic acids is 1. The topological polar surface area (TPSA) is 40.5 Å². The molecule has 0 aromatic carbocycles. The van der Waals surface area contributed by atoms with E-state index in [1.54, 1.807) is 0 Å². The Balaban J connectivity index is 2.87. The van der Waals surface area contributed by atoms with Gasteiger partial charge in [0.2, 0.25) is 0 Å². The van der Waals surface area contributed by atoms with Gasteiger partial charge in [-0.1, -0.05) is 6.92 Å². The van der Waals surface area contributed by atoms with E-state index in [-0.39, 0.29) is 18.0 Å². The molecule has 19 heavy (non-hydrogen) atoms. The van der Waals surface area contributed by atoms with Crippen LogP contribution in [0.25, 0.3) is 0 Å². The molecule has 0 bridgehead atoms. The Bertz CT molecular complexity index is 420. The summed E-state index contributed by atoms with van der Waals surface area (Å²) in [4.78, 5) is 15.8. The monoisotopic (exact) mass is 283 g/mol. The summed E-state index contributed by atoms with van der Waals surface area (Å²) < 4.78 is 0. The van der Waals surface area contributed by atoms with Gasteiger partial charge in [-0.25, -0.2) is 0 Å². The Morgan fingerprint density at radius 1 is 1.42 bits per heavy atom. The summed E-state index contributed by atoms with van der Waals surface area (Å²) in [5.74, 6) is -0.734. The van der Waals surface area contributed by atoms with E-state index in [9.17, 15) is 4.79 Å². The van der Waals surface area contributed by atoms with Gasteiger partial charge in [0, 0.05) is 27.9 Å². The van der Waals surface area contributed by atoms with Crippen molar-refractivity contribution < 1.29 is 9.90 Å². The molecule has 1 aromatic rings. The van der Waals surface area contributed by atoms with E-state index in [4.69, 9.17) is 5.11 Å². The minimum atomic E-state index is -0.734. The normalized spacial score (nSPS) is 13.8. The predicted octanol–water partition coefficient (Wildman–Crippen LogP) is 3.95. The zero-order chi connectivity index (χ0) is 14.6. The second-order valence-corrected chi connectivity index (χ2v) is 7.04. The van der Waals surface area contributed by atoms with E-state index in [1.807, 2.05) is 11.3 Å². The average Bonchev–Trinajstić information content (AvgIpc) is 2.75. The quantitative estimate of drug-likeness (QED) is 0.859. The summed E-state index contributed by atoms with van der Waals surface area (Å²) in [6.45, 7) is 11.3. The number of carboxylic acid groups (broad SMARTS) is 1. The maximum absolute atomic E-state index is 10.8. The van der Waals surface area contributed by atoms with E-state index >= 15 is 0 Å². The number of hydrogen-bond donors (Lipinski definition) is 1. The molecule has 1 heterocycles. The van der Waals surface area contributed by atoms with Crippen molar-refractivity contribution in [2.75, 3.05) is 6.54 Å². The Hall–Kier alpha value is -0.870. The summed E-state index contributed by atoms with van der Waals surface area (Å²) >= 11 is 1.83. The van der Waals surface area contributed by atoms with Gasteiger partial charge in [0.15, 0.2) is 0 Å². The first kappa shape index (κ1) is 16.2. The molecule has 0 spiro atoms. The molecule has 0 aliphatic rings. The Kier molecular flexibility index (Phi) is 5.56. The van der Waals surface area contributed by atoms with Gasteiger partial charge in [0.05, 0.1) is 6.42 Å². The lowest BCUT2D eigenvalue weighted by molar-refractivity contribution is -0.137. The third-order valence-electron chi connectivity index (χ3n) is 3.34. The van der Waals surface area contributed by atoms with Crippen LogP contribution in [0.5, 0.6) is 0 Å². The minimum Gasteiger partial charge on any atom is -0.481 e. The third kappa shape index (κ3) is 4.62. The molecule has 0 saturated carbocycles. The van der Waals surface area contributed by atoms with Gasteiger partial charge in [-0.05, 0) is 46.2 Å².